The molecule has 1 atom stereocenters. The average Bonchev–Trinajstić information content (AvgIpc) is 3.23. The number of benzene rings is 1. The van der Waals surface area contributed by atoms with Gasteiger partial charge < -0.3 is 9.72 Å². The molecule has 0 aliphatic carbocycles. The van der Waals surface area contributed by atoms with Crippen molar-refractivity contribution in [2.24, 2.45) is 0 Å². The van der Waals surface area contributed by atoms with Crippen molar-refractivity contribution in [1.82, 2.24) is 14.9 Å². The van der Waals surface area contributed by atoms with Gasteiger partial charge in [-0.1, -0.05) is 6.07 Å². The first-order valence-electron chi connectivity index (χ1n) is 8.61. The third-order valence-corrected chi connectivity index (χ3v) is 5.02. The summed E-state index contributed by atoms with van der Waals surface area (Å²) in [5, 5.41) is 1.28. The van der Waals surface area contributed by atoms with Crippen LogP contribution in [-0.4, -0.2) is 34.6 Å². The van der Waals surface area contributed by atoms with Crippen molar-refractivity contribution in [2.45, 2.75) is 31.8 Å². The Balaban J connectivity index is 1.53. The van der Waals surface area contributed by atoms with E-state index in [0.29, 0.717) is 6.04 Å². The summed E-state index contributed by atoms with van der Waals surface area (Å²) in [4.78, 5) is 10.4. The molecule has 3 heterocycles. The van der Waals surface area contributed by atoms with Gasteiger partial charge in [0.05, 0.1) is 12.8 Å². The van der Waals surface area contributed by atoms with Gasteiger partial charge in [0, 0.05) is 35.9 Å². The van der Waals surface area contributed by atoms with E-state index in [9.17, 15) is 0 Å². The summed E-state index contributed by atoms with van der Waals surface area (Å²) in [6, 6.07) is 13.0. The number of rotatable bonds is 5. The van der Waals surface area contributed by atoms with E-state index in [2.05, 4.69) is 45.3 Å². The van der Waals surface area contributed by atoms with E-state index in [1.165, 1.54) is 29.3 Å². The molecule has 0 unspecified atom stereocenters. The molecule has 0 spiro atoms. The van der Waals surface area contributed by atoms with E-state index >= 15 is 0 Å². The van der Waals surface area contributed by atoms with Crippen molar-refractivity contribution < 1.29 is 4.74 Å². The van der Waals surface area contributed by atoms with Crippen LogP contribution in [-0.2, 0) is 13.0 Å². The van der Waals surface area contributed by atoms with Crippen LogP contribution in [0.5, 0.6) is 5.75 Å². The van der Waals surface area contributed by atoms with Crippen molar-refractivity contribution in [1.29, 1.82) is 0 Å². The van der Waals surface area contributed by atoms with Crippen LogP contribution in [0.3, 0.4) is 0 Å². The molecular weight excluding hydrogens is 298 g/mol. The summed E-state index contributed by atoms with van der Waals surface area (Å²) in [5.41, 5.74) is 3.71. The Kier molecular flexibility index (Phi) is 4.22. The number of hydrogen-bond acceptors (Lipinski definition) is 3. The molecule has 24 heavy (non-hydrogen) atoms. The van der Waals surface area contributed by atoms with E-state index in [-0.39, 0.29) is 0 Å². The van der Waals surface area contributed by atoms with Crippen molar-refractivity contribution in [3.63, 3.8) is 0 Å². The Labute approximate surface area is 142 Å². The van der Waals surface area contributed by atoms with Gasteiger partial charge in [0.1, 0.15) is 5.75 Å². The van der Waals surface area contributed by atoms with E-state index in [1.54, 1.807) is 7.11 Å². The highest BCUT2D eigenvalue weighted by Gasteiger charge is 2.25. The zero-order valence-electron chi connectivity index (χ0n) is 14.0. The number of fused-ring (bicyclic) bond motifs is 1. The molecule has 3 aromatic rings. The third-order valence-electron chi connectivity index (χ3n) is 5.02. The molecule has 0 amide bonds. The standard InChI is InChI=1S/C20H23N3O/c1-24-18-7-8-20-19(12-18)15(13-22-20)11-17-6-4-10-23(17)14-16-5-2-3-9-21-16/h2-3,5,7-9,12-13,17,22H,4,6,10-11,14H2,1H3/t17-/m1/s1. The SMILES string of the molecule is COc1ccc2[nH]cc(C[C@H]3CCCN3Cc3ccccn3)c2c1. The second kappa shape index (κ2) is 6.65. The van der Waals surface area contributed by atoms with Crippen LogP contribution in [0.15, 0.2) is 48.8 Å². The molecular formula is C20H23N3O. The van der Waals surface area contributed by atoms with Gasteiger partial charge in [0.15, 0.2) is 0 Å². The summed E-state index contributed by atoms with van der Waals surface area (Å²) in [7, 11) is 1.72. The number of likely N-dealkylation sites (tertiary alicyclic amines) is 1. The quantitative estimate of drug-likeness (QED) is 0.777. The first-order chi connectivity index (χ1) is 11.8. The molecule has 0 bridgehead atoms. The minimum Gasteiger partial charge on any atom is -0.497 e. The largest absolute Gasteiger partial charge is 0.497 e. The van der Waals surface area contributed by atoms with Gasteiger partial charge in [-0.25, -0.2) is 0 Å². The highest BCUT2D eigenvalue weighted by molar-refractivity contribution is 5.84. The predicted molar refractivity (Wildman–Crippen MR) is 96.2 cm³/mol. The smallest absolute Gasteiger partial charge is 0.119 e. The minimum absolute atomic E-state index is 0.581. The Morgan fingerprint density at radius 3 is 3.08 bits per heavy atom. The Morgan fingerprint density at radius 1 is 1.29 bits per heavy atom. The first kappa shape index (κ1) is 15.2. The topological polar surface area (TPSA) is 41.1 Å². The number of ether oxygens (including phenoxy) is 1. The van der Waals surface area contributed by atoms with Crippen molar-refractivity contribution in [3.05, 3.63) is 60.0 Å². The number of aromatic nitrogens is 2. The van der Waals surface area contributed by atoms with E-state index in [0.717, 1.165) is 31.0 Å². The Hall–Kier alpha value is -2.33. The van der Waals surface area contributed by atoms with Gasteiger partial charge in [-0.3, -0.25) is 9.88 Å². The second-order valence-electron chi connectivity index (χ2n) is 6.52. The predicted octanol–water partition coefficient (Wildman–Crippen LogP) is 3.78. The summed E-state index contributed by atoms with van der Waals surface area (Å²) in [6.45, 7) is 2.10. The van der Waals surface area contributed by atoms with Gasteiger partial charge in [-0.2, -0.15) is 0 Å². The van der Waals surface area contributed by atoms with E-state index in [1.807, 2.05) is 18.3 Å². The normalized spacial score (nSPS) is 18.3. The summed E-state index contributed by atoms with van der Waals surface area (Å²) in [5.74, 6) is 0.917. The van der Waals surface area contributed by atoms with Crippen molar-refractivity contribution in [2.75, 3.05) is 13.7 Å². The van der Waals surface area contributed by atoms with Crippen LogP contribution in [0.1, 0.15) is 24.1 Å². The number of nitrogens with zero attached hydrogens (tertiary/aromatic N) is 2. The number of nitrogens with one attached hydrogen (secondary N) is 1. The van der Waals surface area contributed by atoms with E-state index < -0.39 is 0 Å². The summed E-state index contributed by atoms with van der Waals surface area (Å²) in [6.07, 6.45) is 7.63. The minimum atomic E-state index is 0.581. The van der Waals surface area contributed by atoms with Crippen LogP contribution >= 0.6 is 0 Å². The monoisotopic (exact) mass is 321 g/mol. The van der Waals surface area contributed by atoms with Crippen LogP contribution in [0, 0.1) is 0 Å². The number of H-pyrrole nitrogens is 1. The molecule has 4 heteroatoms. The van der Waals surface area contributed by atoms with Crippen LogP contribution < -0.4 is 4.74 Å². The number of hydrogen-bond donors (Lipinski definition) is 1. The Morgan fingerprint density at radius 2 is 2.25 bits per heavy atom. The van der Waals surface area contributed by atoms with Gasteiger partial charge in [0.25, 0.3) is 0 Å². The average molecular weight is 321 g/mol. The van der Waals surface area contributed by atoms with Gasteiger partial charge in [-0.05, 0) is 61.7 Å². The highest BCUT2D eigenvalue weighted by Crippen LogP contribution is 2.28. The third kappa shape index (κ3) is 3.02. The maximum absolute atomic E-state index is 5.38. The number of pyridine rings is 1. The molecule has 1 saturated heterocycles. The zero-order valence-corrected chi connectivity index (χ0v) is 14.0. The lowest BCUT2D eigenvalue weighted by Crippen LogP contribution is -2.30. The van der Waals surface area contributed by atoms with Crippen molar-refractivity contribution >= 4 is 10.9 Å². The fraction of sp³-hybridized carbons (Fsp3) is 0.350. The molecule has 1 aliphatic rings. The molecule has 4 nitrogen and oxygen atoms in total. The Bertz CT molecular complexity index is 812. The fourth-order valence-electron chi connectivity index (χ4n) is 3.74. The summed E-state index contributed by atoms with van der Waals surface area (Å²) >= 11 is 0. The van der Waals surface area contributed by atoms with Crippen LogP contribution in [0.2, 0.25) is 0 Å². The molecule has 1 aliphatic heterocycles. The van der Waals surface area contributed by atoms with Gasteiger partial charge in [0.2, 0.25) is 0 Å². The van der Waals surface area contributed by atoms with Gasteiger partial charge >= 0.3 is 0 Å². The number of aromatic amines is 1. The van der Waals surface area contributed by atoms with Gasteiger partial charge in [-0.15, -0.1) is 0 Å². The molecule has 0 saturated carbocycles. The lowest BCUT2D eigenvalue weighted by Gasteiger charge is -2.24. The van der Waals surface area contributed by atoms with E-state index in [4.69, 9.17) is 4.74 Å². The number of methoxy groups -OCH3 is 1. The highest BCUT2D eigenvalue weighted by atomic mass is 16.5. The fourth-order valence-corrected chi connectivity index (χ4v) is 3.74. The summed E-state index contributed by atoms with van der Waals surface area (Å²) < 4.78 is 5.38. The maximum atomic E-state index is 5.38. The maximum Gasteiger partial charge on any atom is 0.119 e. The molecule has 1 N–H and O–H groups in total. The molecule has 2 aromatic heterocycles. The van der Waals surface area contributed by atoms with Crippen LogP contribution in [0.4, 0.5) is 0 Å². The van der Waals surface area contributed by atoms with Crippen molar-refractivity contribution in [3.8, 4) is 5.75 Å². The molecule has 1 aromatic carbocycles. The first-order valence-corrected chi connectivity index (χ1v) is 8.61. The zero-order chi connectivity index (χ0) is 16.4. The molecule has 1 fully saturated rings. The second-order valence-corrected chi connectivity index (χ2v) is 6.52. The molecule has 4 rings (SSSR count). The van der Waals surface area contributed by atoms with Crippen LogP contribution in [0.25, 0.3) is 10.9 Å². The lowest BCUT2D eigenvalue weighted by molar-refractivity contribution is 0.241. The molecule has 124 valence electrons. The molecule has 0 radical (unpaired) electrons. The lowest BCUT2D eigenvalue weighted by atomic mass is 10.0.